The number of benzene rings is 3. The van der Waals surface area contributed by atoms with Gasteiger partial charge < -0.3 is 0 Å². The highest BCUT2D eigenvalue weighted by molar-refractivity contribution is 6.01. The van der Waals surface area contributed by atoms with E-state index in [1.807, 2.05) is 65.9 Å². The molecule has 2 heterocycles. The zero-order valence-electron chi connectivity index (χ0n) is 15.2. The topological polar surface area (TPSA) is 38.9 Å². The first-order valence-corrected chi connectivity index (χ1v) is 8.93. The van der Waals surface area contributed by atoms with Gasteiger partial charge in [-0.3, -0.25) is 14.3 Å². The van der Waals surface area contributed by atoms with Crippen LogP contribution in [0.15, 0.2) is 78.9 Å². The molecular formula is C22H19N5. The van der Waals surface area contributed by atoms with Gasteiger partial charge in [0.25, 0.3) is 0 Å². The van der Waals surface area contributed by atoms with E-state index in [2.05, 4.69) is 41.3 Å². The van der Waals surface area contributed by atoms with Crippen LogP contribution in [-0.4, -0.2) is 19.6 Å². The summed E-state index contributed by atoms with van der Waals surface area (Å²) >= 11 is 0. The Morgan fingerprint density at radius 1 is 0.593 bits per heavy atom. The summed E-state index contributed by atoms with van der Waals surface area (Å²) in [6, 6.07) is 26.9. The second-order valence-corrected chi connectivity index (χ2v) is 6.60. The predicted octanol–water partition coefficient (Wildman–Crippen LogP) is 4.93. The standard InChI is InChI=1S/C22H19N5/c1-25-19-14-8-6-12-17(19)21(23-25)27(16-10-4-3-5-11-16)22-18-13-7-9-15-20(18)26(2)24-22/h3-15H,1-2H3. The minimum atomic E-state index is 0.878. The van der Waals surface area contributed by atoms with E-state index < -0.39 is 0 Å². The number of anilines is 3. The highest BCUT2D eigenvalue weighted by Crippen LogP contribution is 2.40. The molecule has 0 amide bonds. The fourth-order valence-electron chi connectivity index (χ4n) is 3.64. The van der Waals surface area contributed by atoms with Gasteiger partial charge in [-0.1, -0.05) is 42.5 Å². The van der Waals surface area contributed by atoms with Crippen LogP contribution in [0.25, 0.3) is 21.8 Å². The van der Waals surface area contributed by atoms with Crippen molar-refractivity contribution in [1.82, 2.24) is 19.6 Å². The Morgan fingerprint density at radius 3 is 1.56 bits per heavy atom. The molecule has 0 radical (unpaired) electrons. The minimum Gasteiger partial charge on any atom is -0.275 e. The molecule has 2 aromatic heterocycles. The molecule has 5 nitrogen and oxygen atoms in total. The molecule has 5 heteroatoms. The van der Waals surface area contributed by atoms with Crippen molar-refractivity contribution < 1.29 is 0 Å². The first kappa shape index (κ1) is 15.6. The maximum Gasteiger partial charge on any atom is 0.168 e. The first-order chi connectivity index (χ1) is 13.2. The molecule has 5 aromatic rings. The van der Waals surface area contributed by atoms with Crippen LogP contribution >= 0.6 is 0 Å². The van der Waals surface area contributed by atoms with Crippen molar-refractivity contribution in [2.24, 2.45) is 14.1 Å². The number of rotatable bonds is 3. The molecule has 0 saturated carbocycles. The Hall–Kier alpha value is -3.60. The van der Waals surface area contributed by atoms with E-state index in [-0.39, 0.29) is 0 Å². The van der Waals surface area contributed by atoms with Crippen LogP contribution in [0.3, 0.4) is 0 Å². The van der Waals surface area contributed by atoms with E-state index in [1.165, 1.54) is 0 Å². The molecule has 0 bridgehead atoms. The first-order valence-electron chi connectivity index (χ1n) is 8.93. The summed E-state index contributed by atoms with van der Waals surface area (Å²) < 4.78 is 3.84. The Balaban J connectivity index is 1.85. The van der Waals surface area contributed by atoms with Gasteiger partial charge in [0.15, 0.2) is 11.6 Å². The highest BCUT2D eigenvalue weighted by atomic mass is 15.4. The molecule has 3 aromatic carbocycles. The van der Waals surface area contributed by atoms with Gasteiger partial charge in [-0.15, -0.1) is 0 Å². The van der Waals surface area contributed by atoms with E-state index >= 15 is 0 Å². The lowest BCUT2D eigenvalue weighted by molar-refractivity contribution is 0.781. The smallest absolute Gasteiger partial charge is 0.168 e. The molecule has 0 atom stereocenters. The van der Waals surface area contributed by atoms with Gasteiger partial charge in [-0.25, -0.2) is 0 Å². The average Bonchev–Trinajstić information content (AvgIpc) is 3.22. The molecule has 5 rings (SSSR count). The Bertz CT molecular complexity index is 1170. The lowest BCUT2D eigenvalue weighted by Gasteiger charge is -2.21. The van der Waals surface area contributed by atoms with Gasteiger partial charge in [-0.2, -0.15) is 10.2 Å². The third-order valence-electron chi connectivity index (χ3n) is 4.91. The van der Waals surface area contributed by atoms with Crippen molar-refractivity contribution in [3.63, 3.8) is 0 Å². The van der Waals surface area contributed by atoms with Crippen molar-refractivity contribution in [2.75, 3.05) is 4.90 Å². The fraction of sp³-hybridized carbons (Fsp3) is 0.0909. The van der Waals surface area contributed by atoms with Crippen LogP contribution in [0.4, 0.5) is 17.3 Å². The molecule has 0 saturated heterocycles. The van der Waals surface area contributed by atoms with Crippen molar-refractivity contribution in [3.8, 4) is 0 Å². The molecule has 0 aliphatic rings. The highest BCUT2D eigenvalue weighted by Gasteiger charge is 2.23. The largest absolute Gasteiger partial charge is 0.275 e. The predicted molar refractivity (Wildman–Crippen MR) is 110 cm³/mol. The van der Waals surface area contributed by atoms with Crippen LogP contribution in [0.1, 0.15) is 0 Å². The Morgan fingerprint density at radius 2 is 1.04 bits per heavy atom. The molecule has 0 unspecified atom stereocenters. The van der Waals surface area contributed by atoms with Gasteiger partial charge in [0.2, 0.25) is 0 Å². The summed E-state index contributed by atoms with van der Waals surface area (Å²) in [5.41, 5.74) is 3.22. The van der Waals surface area contributed by atoms with E-state index in [1.54, 1.807) is 0 Å². The number of aryl methyl sites for hydroxylation is 2. The number of hydrogen-bond acceptors (Lipinski definition) is 3. The monoisotopic (exact) mass is 353 g/mol. The van der Waals surface area contributed by atoms with Gasteiger partial charge in [0, 0.05) is 30.6 Å². The number of aromatic nitrogens is 4. The Kier molecular flexibility index (Phi) is 3.47. The summed E-state index contributed by atoms with van der Waals surface area (Å²) in [5.74, 6) is 1.76. The molecular weight excluding hydrogens is 334 g/mol. The summed E-state index contributed by atoms with van der Waals surface area (Å²) in [6.45, 7) is 0. The number of hydrogen-bond donors (Lipinski definition) is 0. The average molecular weight is 353 g/mol. The van der Waals surface area contributed by atoms with Crippen molar-refractivity contribution in [2.45, 2.75) is 0 Å². The summed E-state index contributed by atoms with van der Waals surface area (Å²) in [6.07, 6.45) is 0. The zero-order chi connectivity index (χ0) is 18.4. The van der Waals surface area contributed by atoms with E-state index in [4.69, 9.17) is 10.2 Å². The van der Waals surface area contributed by atoms with Crippen LogP contribution < -0.4 is 4.90 Å². The number of nitrogens with zero attached hydrogens (tertiary/aromatic N) is 5. The summed E-state index contributed by atoms with van der Waals surface area (Å²) in [5, 5.41) is 11.9. The van der Waals surface area contributed by atoms with E-state index in [0.717, 1.165) is 39.1 Å². The SMILES string of the molecule is Cn1nc(N(c2ccccc2)c2nn(C)c3ccccc23)c2ccccc21. The third kappa shape index (κ3) is 2.39. The van der Waals surface area contributed by atoms with Crippen molar-refractivity contribution in [1.29, 1.82) is 0 Å². The van der Waals surface area contributed by atoms with Crippen LogP contribution in [0, 0.1) is 0 Å². The molecule has 0 aliphatic heterocycles. The van der Waals surface area contributed by atoms with Crippen molar-refractivity contribution in [3.05, 3.63) is 78.9 Å². The normalized spacial score (nSPS) is 11.3. The minimum absolute atomic E-state index is 0.878. The maximum atomic E-state index is 4.85. The van der Waals surface area contributed by atoms with Crippen molar-refractivity contribution >= 4 is 39.1 Å². The summed E-state index contributed by atoms with van der Waals surface area (Å²) in [4.78, 5) is 2.14. The number of para-hydroxylation sites is 3. The molecule has 0 fully saturated rings. The zero-order valence-corrected chi connectivity index (χ0v) is 15.2. The van der Waals surface area contributed by atoms with Gasteiger partial charge >= 0.3 is 0 Å². The van der Waals surface area contributed by atoms with Crippen LogP contribution in [-0.2, 0) is 14.1 Å². The molecule has 0 aliphatic carbocycles. The lowest BCUT2D eigenvalue weighted by Crippen LogP contribution is -2.12. The van der Waals surface area contributed by atoms with Crippen LogP contribution in [0.5, 0.6) is 0 Å². The van der Waals surface area contributed by atoms with Gasteiger partial charge in [0.1, 0.15) is 0 Å². The molecule has 27 heavy (non-hydrogen) atoms. The maximum absolute atomic E-state index is 4.85. The quantitative estimate of drug-likeness (QED) is 0.462. The van der Waals surface area contributed by atoms with E-state index in [9.17, 15) is 0 Å². The molecule has 0 N–H and O–H groups in total. The molecule has 0 spiro atoms. The third-order valence-corrected chi connectivity index (χ3v) is 4.91. The lowest BCUT2D eigenvalue weighted by atomic mass is 10.2. The molecule has 132 valence electrons. The fourth-order valence-corrected chi connectivity index (χ4v) is 3.64. The van der Waals surface area contributed by atoms with Gasteiger partial charge in [0.05, 0.1) is 11.0 Å². The summed E-state index contributed by atoms with van der Waals surface area (Å²) in [7, 11) is 3.96. The van der Waals surface area contributed by atoms with E-state index in [0.29, 0.717) is 0 Å². The second-order valence-electron chi connectivity index (χ2n) is 6.60. The number of fused-ring (bicyclic) bond motifs is 2. The van der Waals surface area contributed by atoms with Crippen LogP contribution in [0.2, 0.25) is 0 Å². The van der Waals surface area contributed by atoms with Gasteiger partial charge in [-0.05, 0) is 36.4 Å². The second kappa shape index (κ2) is 5.99. The Labute approximate surface area is 157 Å².